The minimum Gasteiger partial charge on any atom is -0.411 e. The van der Waals surface area contributed by atoms with E-state index in [1.54, 1.807) is 0 Å². The Labute approximate surface area is 183 Å². The zero-order chi connectivity index (χ0) is 21.0. The monoisotopic (exact) mass is 411 g/mol. The molecule has 0 bridgehead atoms. The lowest BCUT2D eigenvalue weighted by molar-refractivity contribution is -0.0169. The minimum absolute atomic E-state index is 0.0228. The molecular formula is C27H29N3O. The number of hydrogen-bond acceptors (Lipinski definition) is 3. The van der Waals surface area contributed by atoms with Crippen LogP contribution in [0.2, 0.25) is 0 Å². The molecule has 0 amide bonds. The van der Waals surface area contributed by atoms with Crippen molar-refractivity contribution in [1.29, 1.82) is 0 Å². The summed E-state index contributed by atoms with van der Waals surface area (Å²) in [7, 11) is 0. The zero-order valence-electron chi connectivity index (χ0n) is 18.0. The van der Waals surface area contributed by atoms with Gasteiger partial charge < -0.3 is 10.2 Å². The fraction of sp³-hybridized carbons (Fsp3) is 0.370. The van der Waals surface area contributed by atoms with Crippen LogP contribution in [0.25, 0.3) is 17.0 Å². The number of aromatic nitrogens is 1. The number of nitrogens with one attached hydrogen (secondary N) is 1. The highest BCUT2D eigenvalue weighted by Crippen LogP contribution is 2.50. The van der Waals surface area contributed by atoms with Crippen molar-refractivity contribution in [3.05, 3.63) is 77.0 Å². The van der Waals surface area contributed by atoms with Gasteiger partial charge in [-0.05, 0) is 73.3 Å². The smallest absolute Gasteiger partial charge is 0.0830 e. The molecule has 3 aromatic rings. The number of oxime groups is 1. The molecule has 0 radical (unpaired) electrons. The lowest BCUT2D eigenvalue weighted by atomic mass is 9.65. The zero-order valence-corrected chi connectivity index (χ0v) is 18.0. The Hall–Kier alpha value is -2.85. The number of piperidine rings is 1. The Kier molecular flexibility index (Phi) is 4.32. The predicted octanol–water partition coefficient (Wildman–Crippen LogP) is 5.58. The van der Waals surface area contributed by atoms with Crippen molar-refractivity contribution in [3.8, 4) is 0 Å². The fourth-order valence-corrected chi connectivity index (χ4v) is 6.45. The van der Waals surface area contributed by atoms with E-state index in [0.717, 1.165) is 44.5 Å². The second kappa shape index (κ2) is 7.10. The van der Waals surface area contributed by atoms with E-state index in [1.165, 1.54) is 33.3 Å². The van der Waals surface area contributed by atoms with Gasteiger partial charge >= 0.3 is 0 Å². The van der Waals surface area contributed by atoms with Gasteiger partial charge in [-0.25, -0.2) is 0 Å². The van der Waals surface area contributed by atoms with Crippen molar-refractivity contribution in [2.45, 2.75) is 38.1 Å². The second-order valence-electron chi connectivity index (χ2n) is 9.75. The quantitative estimate of drug-likeness (QED) is 0.405. The summed E-state index contributed by atoms with van der Waals surface area (Å²) in [5.74, 6) is 1.15. The first-order valence-electron chi connectivity index (χ1n) is 11.5. The molecule has 3 atom stereocenters. The molecule has 2 fully saturated rings. The van der Waals surface area contributed by atoms with Gasteiger partial charge in [-0.2, -0.15) is 0 Å². The van der Waals surface area contributed by atoms with Crippen LogP contribution in [-0.4, -0.2) is 33.9 Å². The number of H-pyrrole nitrogens is 1. The molecular weight excluding hydrogens is 382 g/mol. The molecule has 2 aromatic carbocycles. The number of para-hydroxylation sites is 1. The summed E-state index contributed by atoms with van der Waals surface area (Å²) < 4.78 is 0. The molecule has 4 nitrogen and oxygen atoms in total. The molecule has 3 aliphatic rings. The van der Waals surface area contributed by atoms with Crippen molar-refractivity contribution in [3.63, 3.8) is 0 Å². The number of hydrogen-bond donors (Lipinski definition) is 2. The van der Waals surface area contributed by atoms with Crippen molar-refractivity contribution in [1.82, 2.24) is 9.88 Å². The third-order valence-electron chi connectivity index (χ3n) is 8.03. The number of nitrogens with zero attached hydrogens (tertiary/aromatic N) is 2. The van der Waals surface area contributed by atoms with Crippen molar-refractivity contribution < 1.29 is 5.21 Å². The van der Waals surface area contributed by atoms with E-state index in [-0.39, 0.29) is 5.54 Å². The lowest BCUT2D eigenvalue weighted by Gasteiger charge is -2.54. The fourth-order valence-electron chi connectivity index (χ4n) is 6.45. The van der Waals surface area contributed by atoms with Gasteiger partial charge in [0.1, 0.15) is 0 Å². The van der Waals surface area contributed by atoms with E-state index in [1.807, 2.05) is 6.07 Å². The average molecular weight is 412 g/mol. The highest BCUT2D eigenvalue weighted by Gasteiger charge is 2.49. The maximum Gasteiger partial charge on any atom is 0.0830 e. The topological polar surface area (TPSA) is 51.6 Å². The van der Waals surface area contributed by atoms with Crippen molar-refractivity contribution >= 4 is 22.7 Å². The molecule has 6 rings (SSSR count). The Morgan fingerprint density at radius 2 is 1.87 bits per heavy atom. The summed E-state index contributed by atoms with van der Waals surface area (Å²) in [6.45, 7) is 4.65. The van der Waals surface area contributed by atoms with Crippen molar-refractivity contribution in [2.24, 2.45) is 17.0 Å². The number of fused-ring (bicyclic) bond motifs is 6. The first-order valence-corrected chi connectivity index (χ1v) is 11.5. The summed E-state index contributed by atoms with van der Waals surface area (Å²) in [4.78, 5) is 6.50. The maximum atomic E-state index is 9.81. The Morgan fingerprint density at radius 3 is 2.71 bits per heavy atom. The molecule has 0 spiro atoms. The van der Waals surface area contributed by atoms with Gasteiger partial charge in [0.2, 0.25) is 0 Å². The van der Waals surface area contributed by atoms with E-state index in [2.05, 4.69) is 76.6 Å². The van der Waals surface area contributed by atoms with E-state index >= 15 is 0 Å². The van der Waals surface area contributed by atoms with Crippen LogP contribution in [-0.2, 0) is 12.0 Å². The van der Waals surface area contributed by atoms with Gasteiger partial charge in [-0.15, -0.1) is 0 Å². The number of aromatic amines is 1. The molecule has 2 aliphatic heterocycles. The van der Waals surface area contributed by atoms with E-state index in [0.29, 0.717) is 11.8 Å². The lowest BCUT2D eigenvalue weighted by Crippen LogP contribution is -2.57. The Balaban J connectivity index is 1.34. The van der Waals surface area contributed by atoms with Crippen molar-refractivity contribution in [2.75, 3.05) is 13.1 Å². The molecule has 1 aliphatic carbocycles. The van der Waals surface area contributed by atoms with Crippen LogP contribution in [0.3, 0.4) is 0 Å². The summed E-state index contributed by atoms with van der Waals surface area (Å²) in [5, 5.41) is 14.9. The second-order valence-corrected chi connectivity index (χ2v) is 9.75. The Morgan fingerprint density at radius 1 is 1.06 bits per heavy atom. The summed E-state index contributed by atoms with van der Waals surface area (Å²) >= 11 is 0. The van der Waals surface area contributed by atoms with Gasteiger partial charge in [0.05, 0.1) is 11.3 Å². The van der Waals surface area contributed by atoms with Crippen LogP contribution in [0.15, 0.2) is 65.3 Å². The van der Waals surface area contributed by atoms with Crippen LogP contribution < -0.4 is 0 Å². The molecule has 3 heterocycles. The molecule has 31 heavy (non-hydrogen) atoms. The van der Waals surface area contributed by atoms with Crippen LogP contribution in [0.1, 0.15) is 43.0 Å². The molecule has 1 saturated carbocycles. The number of allylic oxidation sites excluding steroid dienone is 1. The molecule has 4 heteroatoms. The van der Waals surface area contributed by atoms with Gasteiger partial charge in [-0.3, -0.25) is 4.90 Å². The normalized spacial score (nSPS) is 30.9. The average Bonchev–Trinajstić information content (AvgIpc) is 3.18. The Bertz CT molecular complexity index is 1190. The van der Waals surface area contributed by atoms with Gasteiger partial charge in [0.15, 0.2) is 0 Å². The standard InChI is InChI=1S/C27H29N3O/c1-27-16-20-15-25(29-31)19(13-18-7-3-2-4-8-18)14-21(20)17-30(27)12-11-23-22-9-5-6-10-24(22)28-26(23)27/h2-10,13,20-21,28,31H,11-12,14-17H2,1H3/b19-13+,29-25?/t20-,21-,27-/m0/s1. The summed E-state index contributed by atoms with van der Waals surface area (Å²) in [6.07, 6.45) is 6.28. The first kappa shape index (κ1) is 18.9. The highest BCUT2D eigenvalue weighted by atomic mass is 16.4. The predicted molar refractivity (Wildman–Crippen MR) is 125 cm³/mol. The number of benzene rings is 2. The molecule has 2 N–H and O–H groups in total. The van der Waals surface area contributed by atoms with Crippen LogP contribution >= 0.6 is 0 Å². The van der Waals surface area contributed by atoms with E-state index in [4.69, 9.17) is 0 Å². The van der Waals surface area contributed by atoms with Gasteiger partial charge in [-0.1, -0.05) is 53.7 Å². The number of rotatable bonds is 1. The summed E-state index contributed by atoms with van der Waals surface area (Å²) in [6, 6.07) is 19.1. The minimum atomic E-state index is 0.0228. The molecule has 0 unspecified atom stereocenters. The highest BCUT2D eigenvalue weighted by molar-refractivity contribution is 6.04. The van der Waals surface area contributed by atoms with E-state index < -0.39 is 0 Å². The largest absolute Gasteiger partial charge is 0.411 e. The SMILES string of the molecule is C[C@@]12C[C@@H]3CC(=NO)/C(=C/c4ccccc4)C[C@H]3CN1CCc1c2[nH]c2ccccc12. The third kappa shape index (κ3) is 2.96. The maximum absolute atomic E-state index is 9.81. The summed E-state index contributed by atoms with van der Waals surface area (Å²) in [5.41, 5.74) is 7.44. The molecule has 1 aromatic heterocycles. The van der Waals surface area contributed by atoms with Crippen LogP contribution in [0, 0.1) is 11.8 Å². The molecule has 1 saturated heterocycles. The van der Waals surface area contributed by atoms with E-state index in [9.17, 15) is 5.21 Å². The van der Waals surface area contributed by atoms with Gasteiger partial charge in [0, 0.05) is 29.7 Å². The molecule has 158 valence electrons. The van der Waals surface area contributed by atoms with Crippen LogP contribution in [0.5, 0.6) is 0 Å². The first-order chi connectivity index (χ1) is 15.2. The third-order valence-corrected chi connectivity index (χ3v) is 8.03. The van der Waals surface area contributed by atoms with Crippen LogP contribution in [0.4, 0.5) is 0 Å². The van der Waals surface area contributed by atoms with Gasteiger partial charge in [0.25, 0.3) is 0 Å².